The molecule has 3 aromatic heterocycles. The van der Waals surface area contributed by atoms with Gasteiger partial charge < -0.3 is 4.42 Å². The van der Waals surface area contributed by atoms with Gasteiger partial charge in [0.1, 0.15) is 11.2 Å². The van der Waals surface area contributed by atoms with E-state index in [4.69, 9.17) is 14.4 Å². The van der Waals surface area contributed by atoms with Crippen molar-refractivity contribution in [3.8, 4) is 33.8 Å². The maximum Gasteiger partial charge on any atom is 0.161 e. The van der Waals surface area contributed by atoms with E-state index < -0.39 is 0 Å². The SMILES string of the molecule is c1ccc(-c2nc(-c3cc(-c4ccc5oc6ccccc6c5c4)cc4sc5ccccc5c34)nc3ccccc23)cc1. The van der Waals surface area contributed by atoms with Gasteiger partial charge in [-0.15, -0.1) is 11.3 Å². The Bertz CT molecular complexity index is 2470. The molecule has 0 atom stereocenters. The molecule has 196 valence electrons. The molecule has 3 nitrogen and oxygen atoms in total. The van der Waals surface area contributed by atoms with Gasteiger partial charge in [0, 0.05) is 47.5 Å². The topological polar surface area (TPSA) is 38.9 Å². The van der Waals surface area contributed by atoms with Crippen LogP contribution in [0, 0.1) is 0 Å². The van der Waals surface area contributed by atoms with Gasteiger partial charge in [-0.1, -0.05) is 91.0 Å². The Balaban J connectivity index is 1.35. The van der Waals surface area contributed by atoms with Gasteiger partial charge in [-0.05, 0) is 53.6 Å². The maximum absolute atomic E-state index is 6.12. The predicted molar refractivity (Wildman–Crippen MR) is 176 cm³/mol. The number of rotatable bonds is 3. The molecule has 0 saturated carbocycles. The molecule has 0 aliphatic heterocycles. The lowest BCUT2D eigenvalue weighted by Crippen LogP contribution is -1.96. The van der Waals surface area contributed by atoms with Crippen molar-refractivity contribution >= 4 is 64.4 Å². The minimum Gasteiger partial charge on any atom is -0.456 e. The van der Waals surface area contributed by atoms with Gasteiger partial charge >= 0.3 is 0 Å². The fourth-order valence-electron chi connectivity index (χ4n) is 6.12. The van der Waals surface area contributed by atoms with Crippen molar-refractivity contribution in [1.29, 1.82) is 0 Å². The van der Waals surface area contributed by atoms with Crippen LogP contribution < -0.4 is 0 Å². The first-order valence-corrected chi connectivity index (χ1v) is 14.8. The second kappa shape index (κ2) is 9.10. The number of furan rings is 1. The zero-order valence-electron chi connectivity index (χ0n) is 22.4. The second-order valence-electron chi connectivity index (χ2n) is 10.6. The van der Waals surface area contributed by atoms with Crippen molar-refractivity contribution in [2.75, 3.05) is 0 Å². The Morgan fingerprint density at radius 3 is 2.12 bits per heavy atom. The summed E-state index contributed by atoms with van der Waals surface area (Å²) >= 11 is 1.82. The third-order valence-corrected chi connectivity index (χ3v) is 9.20. The number of benzene rings is 6. The first kappa shape index (κ1) is 23.4. The quantitative estimate of drug-likeness (QED) is 0.218. The van der Waals surface area contributed by atoms with Gasteiger partial charge in [0.05, 0.1) is 11.2 Å². The summed E-state index contributed by atoms with van der Waals surface area (Å²) in [6.07, 6.45) is 0. The predicted octanol–water partition coefficient (Wildman–Crippen LogP) is 10.9. The fourth-order valence-corrected chi connectivity index (χ4v) is 7.29. The number of hydrogen-bond donors (Lipinski definition) is 0. The monoisotopic (exact) mass is 554 g/mol. The van der Waals surface area contributed by atoms with Crippen molar-refractivity contribution in [3.63, 3.8) is 0 Å². The summed E-state index contributed by atoms with van der Waals surface area (Å²) < 4.78 is 8.60. The molecule has 6 aromatic carbocycles. The minimum atomic E-state index is 0.734. The first-order valence-electron chi connectivity index (χ1n) is 14.0. The lowest BCUT2D eigenvalue weighted by molar-refractivity contribution is 0.669. The highest BCUT2D eigenvalue weighted by atomic mass is 32.1. The van der Waals surface area contributed by atoms with Crippen LogP contribution in [0.4, 0.5) is 0 Å². The van der Waals surface area contributed by atoms with E-state index >= 15 is 0 Å². The summed E-state index contributed by atoms with van der Waals surface area (Å²) in [5.41, 5.74) is 8.08. The number of nitrogens with zero attached hydrogens (tertiary/aromatic N) is 2. The molecule has 3 heterocycles. The molecule has 0 fully saturated rings. The molecule has 0 aliphatic rings. The van der Waals surface area contributed by atoms with Crippen molar-refractivity contribution < 1.29 is 4.42 Å². The van der Waals surface area contributed by atoms with Crippen LogP contribution in [-0.2, 0) is 0 Å². The van der Waals surface area contributed by atoms with Crippen LogP contribution in [0.15, 0.2) is 138 Å². The lowest BCUT2D eigenvalue weighted by atomic mass is 9.97. The van der Waals surface area contributed by atoms with Gasteiger partial charge in [0.2, 0.25) is 0 Å². The summed E-state index contributed by atoms with van der Waals surface area (Å²) in [4.78, 5) is 10.4. The highest BCUT2D eigenvalue weighted by molar-refractivity contribution is 7.26. The van der Waals surface area contributed by atoms with E-state index in [1.54, 1.807) is 0 Å². The van der Waals surface area contributed by atoms with Crippen molar-refractivity contribution in [1.82, 2.24) is 9.97 Å². The molecular weight excluding hydrogens is 532 g/mol. The smallest absolute Gasteiger partial charge is 0.161 e. The molecule has 9 rings (SSSR count). The Labute approximate surface area is 245 Å². The van der Waals surface area contributed by atoms with Gasteiger partial charge in [-0.25, -0.2) is 9.97 Å². The average Bonchev–Trinajstić information content (AvgIpc) is 3.62. The second-order valence-corrected chi connectivity index (χ2v) is 11.7. The Morgan fingerprint density at radius 1 is 0.476 bits per heavy atom. The zero-order valence-corrected chi connectivity index (χ0v) is 23.2. The van der Waals surface area contributed by atoms with Crippen LogP contribution in [0.5, 0.6) is 0 Å². The molecule has 0 unspecified atom stereocenters. The van der Waals surface area contributed by atoms with E-state index in [1.807, 2.05) is 35.6 Å². The number of hydrogen-bond acceptors (Lipinski definition) is 4. The summed E-state index contributed by atoms with van der Waals surface area (Å²) in [5, 5.41) is 5.72. The van der Waals surface area contributed by atoms with Crippen molar-refractivity contribution in [2.24, 2.45) is 0 Å². The first-order chi connectivity index (χ1) is 20.8. The molecule has 0 saturated heterocycles. The molecule has 0 amide bonds. The van der Waals surface area contributed by atoms with E-state index in [0.29, 0.717) is 0 Å². The third kappa shape index (κ3) is 3.59. The molecule has 9 aromatic rings. The van der Waals surface area contributed by atoms with E-state index in [2.05, 4.69) is 109 Å². The molecule has 0 aliphatic carbocycles. The fraction of sp³-hybridized carbons (Fsp3) is 0. The van der Waals surface area contributed by atoms with Crippen LogP contribution in [-0.4, -0.2) is 9.97 Å². The van der Waals surface area contributed by atoms with E-state index in [9.17, 15) is 0 Å². The van der Waals surface area contributed by atoms with E-state index in [0.717, 1.165) is 66.6 Å². The maximum atomic E-state index is 6.12. The summed E-state index contributed by atoms with van der Waals surface area (Å²) in [7, 11) is 0. The van der Waals surface area contributed by atoms with Gasteiger partial charge in [0.15, 0.2) is 5.82 Å². The largest absolute Gasteiger partial charge is 0.456 e. The molecule has 0 bridgehead atoms. The molecular formula is C38H22N2OS. The molecule has 0 spiro atoms. The normalized spacial score (nSPS) is 11.8. The standard InChI is InChI=1S/C38H22N2OS/c1-2-10-23(11-3-1)37-27-13-4-7-15-31(27)39-38(40-37)30-21-25(22-35-36(30)28-14-6-9-17-34(28)42-35)24-18-19-33-29(20-24)26-12-5-8-16-32(26)41-33/h1-22H. The zero-order chi connectivity index (χ0) is 27.6. The summed E-state index contributed by atoms with van der Waals surface area (Å²) in [6, 6.07) is 46.6. The van der Waals surface area contributed by atoms with Crippen molar-refractivity contribution in [2.45, 2.75) is 0 Å². The van der Waals surface area contributed by atoms with Gasteiger partial charge in [0.25, 0.3) is 0 Å². The van der Waals surface area contributed by atoms with E-state index in [1.165, 1.54) is 20.2 Å². The minimum absolute atomic E-state index is 0.734. The highest BCUT2D eigenvalue weighted by Crippen LogP contribution is 2.43. The van der Waals surface area contributed by atoms with Gasteiger partial charge in [-0.3, -0.25) is 0 Å². The number of fused-ring (bicyclic) bond motifs is 7. The number of para-hydroxylation sites is 2. The Hall–Kier alpha value is -5.32. The van der Waals surface area contributed by atoms with Crippen LogP contribution in [0.2, 0.25) is 0 Å². The molecule has 0 N–H and O–H groups in total. The lowest BCUT2D eigenvalue weighted by Gasteiger charge is -2.12. The average molecular weight is 555 g/mol. The molecule has 0 radical (unpaired) electrons. The van der Waals surface area contributed by atoms with Crippen molar-refractivity contribution in [3.05, 3.63) is 133 Å². The molecule has 4 heteroatoms. The Morgan fingerprint density at radius 2 is 1.21 bits per heavy atom. The van der Waals surface area contributed by atoms with Crippen LogP contribution in [0.1, 0.15) is 0 Å². The van der Waals surface area contributed by atoms with Crippen LogP contribution in [0.3, 0.4) is 0 Å². The van der Waals surface area contributed by atoms with E-state index in [-0.39, 0.29) is 0 Å². The number of aromatic nitrogens is 2. The summed E-state index contributed by atoms with van der Waals surface area (Å²) in [5.74, 6) is 0.734. The van der Waals surface area contributed by atoms with Gasteiger partial charge in [-0.2, -0.15) is 0 Å². The summed E-state index contributed by atoms with van der Waals surface area (Å²) in [6.45, 7) is 0. The number of thiophene rings is 1. The highest BCUT2D eigenvalue weighted by Gasteiger charge is 2.18. The third-order valence-electron chi connectivity index (χ3n) is 8.08. The van der Waals surface area contributed by atoms with Crippen LogP contribution in [0.25, 0.3) is 86.8 Å². The molecule has 42 heavy (non-hydrogen) atoms. The van der Waals surface area contributed by atoms with Crippen LogP contribution >= 0.6 is 11.3 Å². The Kier molecular flexibility index (Phi) is 5.07.